The van der Waals surface area contributed by atoms with Crippen LogP contribution in [0.5, 0.6) is 0 Å². The minimum atomic E-state index is 0.0438. The molecule has 5 heteroatoms. The number of aryl methyl sites for hydroxylation is 2. The van der Waals surface area contributed by atoms with Gasteiger partial charge in [-0.15, -0.1) is 0 Å². The molecule has 1 saturated heterocycles. The fourth-order valence-electron chi connectivity index (χ4n) is 3.24. The number of rotatable bonds is 4. The standard InChI is InChI=1S/C20H24BrN3O/c1-15-3-8-19(16(2)13-15)24-11-9-23(10-12-24)14-20(25)22-18-6-4-17(21)5-7-18/h3-8,13H,9-12,14H2,1-2H3,(H,22,25). The van der Waals surface area contributed by atoms with E-state index in [2.05, 4.69) is 63.1 Å². The third-order valence-electron chi connectivity index (χ3n) is 4.56. The summed E-state index contributed by atoms with van der Waals surface area (Å²) in [5, 5.41) is 2.96. The average molecular weight is 402 g/mol. The van der Waals surface area contributed by atoms with E-state index in [4.69, 9.17) is 0 Å². The second-order valence-corrected chi connectivity index (χ2v) is 7.52. The van der Waals surface area contributed by atoms with Gasteiger partial charge < -0.3 is 10.2 Å². The molecule has 132 valence electrons. The highest BCUT2D eigenvalue weighted by atomic mass is 79.9. The first-order valence-corrected chi connectivity index (χ1v) is 9.40. The SMILES string of the molecule is Cc1ccc(N2CCN(CC(=O)Nc3ccc(Br)cc3)CC2)c(C)c1. The molecule has 4 nitrogen and oxygen atoms in total. The van der Waals surface area contributed by atoms with Gasteiger partial charge in [-0.25, -0.2) is 0 Å². The number of hydrogen-bond acceptors (Lipinski definition) is 3. The van der Waals surface area contributed by atoms with E-state index in [1.165, 1.54) is 16.8 Å². The Hall–Kier alpha value is -1.85. The van der Waals surface area contributed by atoms with Crippen molar-refractivity contribution in [2.75, 3.05) is 42.9 Å². The van der Waals surface area contributed by atoms with Crippen LogP contribution in [0.3, 0.4) is 0 Å². The third kappa shape index (κ3) is 4.83. The lowest BCUT2D eigenvalue weighted by Gasteiger charge is -2.36. The van der Waals surface area contributed by atoms with Gasteiger partial charge >= 0.3 is 0 Å². The minimum Gasteiger partial charge on any atom is -0.369 e. The Morgan fingerprint density at radius 2 is 1.72 bits per heavy atom. The Labute approximate surface area is 158 Å². The number of hydrogen-bond donors (Lipinski definition) is 1. The summed E-state index contributed by atoms with van der Waals surface area (Å²) in [6.45, 7) is 8.45. The topological polar surface area (TPSA) is 35.6 Å². The van der Waals surface area contributed by atoms with Crippen LogP contribution in [0.2, 0.25) is 0 Å². The highest BCUT2D eigenvalue weighted by molar-refractivity contribution is 9.10. The lowest BCUT2D eigenvalue weighted by molar-refractivity contribution is -0.117. The molecule has 0 radical (unpaired) electrons. The first-order chi connectivity index (χ1) is 12.0. The minimum absolute atomic E-state index is 0.0438. The molecule has 1 heterocycles. The van der Waals surface area contributed by atoms with Gasteiger partial charge in [0, 0.05) is 42.0 Å². The number of halogens is 1. The van der Waals surface area contributed by atoms with Crippen LogP contribution in [0.25, 0.3) is 0 Å². The maximum Gasteiger partial charge on any atom is 0.238 e. The van der Waals surface area contributed by atoms with Crippen molar-refractivity contribution in [3.05, 3.63) is 58.1 Å². The van der Waals surface area contributed by atoms with E-state index in [1.54, 1.807) is 0 Å². The van der Waals surface area contributed by atoms with Crippen molar-refractivity contribution in [3.63, 3.8) is 0 Å². The molecule has 0 unspecified atom stereocenters. The van der Waals surface area contributed by atoms with Crippen molar-refractivity contribution < 1.29 is 4.79 Å². The smallest absolute Gasteiger partial charge is 0.238 e. The van der Waals surface area contributed by atoms with E-state index < -0.39 is 0 Å². The Bertz CT molecular complexity index is 737. The number of piperazine rings is 1. The van der Waals surface area contributed by atoms with Crippen LogP contribution in [0, 0.1) is 13.8 Å². The van der Waals surface area contributed by atoms with Crippen LogP contribution in [0.4, 0.5) is 11.4 Å². The number of amides is 1. The molecule has 0 atom stereocenters. The van der Waals surface area contributed by atoms with Crippen LogP contribution in [0.1, 0.15) is 11.1 Å². The summed E-state index contributed by atoms with van der Waals surface area (Å²) >= 11 is 3.40. The summed E-state index contributed by atoms with van der Waals surface area (Å²) in [6, 6.07) is 14.3. The number of benzene rings is 2. The Kier molecular flexibility index (Phi) is 5.76. The molecule has 0 aromatic heterocycles. The predicted molar refractivity (Wildman–Crippen MR) is 107 cm³/mol. The number of carbonyl (C=O) groups is 1. The summed E-state index contributed by atoms with van der Waals surface area (Å²) in [5.74, 6) is 0.0438. The van der Waals surface area contributed by atoms with Crippen LogP contribution in [-0.2, 0) is 4.79 Å². The van der Waals surface area contributed by atoms with Crippen molar-refractivity contribution in [1.29, 1.82) is 0 Å². The quantitative estimate of drug-likeness (QED) is 0.845. The van der Waals surface area contributed by atoms with Crippen LogP contribution >= 0.6 is 15.9 Å². The largest absolute Gasteiger partial charge is 0.369 e. The molecule has 25 heavy (non-hydrogen) atoms. The van der Waals surface area contributed by atoms with E-state index in [0.29, 0.717) is 6.54 Å². The molecule has 2 aromatic rings. The van der Waals surface area contributed by atoms with E-state index in [0.717, 1.165) is 36.3 Å². The number of nitrogens with one attached hydrogen (secondary N) is 1. The van der Waals surface area contributed by atoms with E-state index in [9.17, 15) is 4.79 Å². The van der Waals surface area contributed by atoms with Gasteiger partial charge in [0.15, 0.2) is 0 Å². The second-order valence-electron chi connectivity index (χ2n) is 6.61. The van der Waals surface area contributed by atoms with Crippen molar-refractivity contribution in [1.82, 2.24) is 4.90 Å². The van der Waals surface area contributed by atoms with Gasteiger partial charge in [0.05, 0.1) is 6.54 Å². The Balaban J connectivity index is 1.50. The molecule has 1 N–H and O–H groups in total. The summed E-state index contributed by atoms with van der Waals surface area (Å²) in [7, 11) is 0. The molecule has 1 aliphatic heterocycles. The summed E-state index contributed by atoms with van der Waals surface area (Å²) in [5.41, 5.74) is 4.76. The van der Waals surface area contributed by atoms with Crippen molar-refractivity contribution in [2.24, 2.45) is 0 Å². The van der Waals surface area contributed by atoms with Crippen LogP contribution < -0.4 is 10.2 Å². The van der Waals surface area contributed by atoms with Crippen molar-refractivity contribution in [3.8, 4) is 0 Å². The second kappa shape index (κ2) is 8.02. The average Bonchev–Trinajstić information content (AvgIpc) is 2.58. The number of anilines is 2. The number of nitrogens with zero attached hydrogens (tertiary/aromatic N) is 2. The first kappa shape index (κ1) is 18.0. The molecule has 1 fully saturated rings. The van der Waals surface area contributed by atoms with Gasteiger partial charge in [-0.3, -0.25) is 9.69 Å². The van der Waals surface area contributed by atoms with Gasteiger partial charge in [0.25, 0.3) is 0 Å². The van der Waals surface area contributed by atoms with Crippen molar-refractivity contribution in [2.45, 2.75) is 13.8 Å². The molecule has 0 saturated carbocycles. The highest BCUT2D eigenvalue weighted by Crippen LogP contribution is 2.22. The molecular formula is C20H24BrN3O. The molecule has 3 rings (SSSR count). The zero-order valence-corrected chi connectivity index (χ0v) is 16.3. The van der Waals surface area contributed by atoms with Gasteiger partial charge in [0.2, 0.25) is 5.91 Å². The summed E-state index contributed by atoms with van der Waals surface area (Å²) in [4.78, 5) is 16.9. The lowest BCUT2D eigenvalue weighted by atomic mass is 10.1. The molecule has 0 spiro atoms. The fraction of sp³-hybridized carbons (Fsp3) is 0.350. The van der Waals surface area contributed by atoms with Gasteiger partial charge in [-0.1, -0.05) is 33.6 Å². The first-order valence-electron chi connectivity index (χ1n) is 8.61. The molecule has 2 aromatic carbocycles. The maximum absolute atomic E-state index is 12.2. The molecule has 0 bridgehead atoms. The summed E-state index contributed by atoms with van der Waals surface area (Å²) < 4.78 is 1.01. The zero-order valence-electron chi connectivity index (χ0n) is 14.8. The highest BCUT2D eigenvalue weighted by Gasteiger charge is 2.20. The summed E-state index contributed by atoms with van der Waals surface area (Å²) in [6.07, 6.45) is 0. The third-order valence-corrected chi connectivity index (χ3v) is 5.09. The predicted octanol–water partition coefficient (Wildman–Crippen LogP) is 3.83. The molecular weight excluding hydrogens is 378 g/mol. The zero-order chi connectivity index (χ0) is 17.8. The monoisotopic (exact) mass is 401 g/mol. The molecule has 1 amide bonds. The molecule has 0 aliphatic carbocycles. The fourth-order valence-corrected chi connectivity index (χ4v) is 3.51. The Morgan fingerprint density at radius 3 is 2.36 bits per heavy atom. The van der Waals surface area contributed by atoms with E-state index in [-0.39, 0.29) is 5.91 Å². The van der Waals surface area contributed by atoms with Crippen LogP contribution in [0.15, 0.2) is 46.9 Å². The van der Waals surface area contributed by atoms with Gasteiger partial charge in [-0.2, -0.15) is 0 Å². The van der Waals surface area contributed by atoms with Gasteiger partial charge in [0.1, 0.15) is 0 Å². The van der Waals surface area contributed by atoms with E-state index >= 15 is 0 Å². The maximum atomic E-state index is 12.2. The van der Waals surface area contributed by atoms with E-state index in [1.807, 2.05) is 24.3 Å². The normalized spacial score (nSPS) is 15.2. The lowest BCUT2D eigenvalue weighted by Crippen LogP contribution is -2.48. The molecule has 1 aliphatic rings. The number of carbonyl (C=O) groups excluding carboxylic acids is 1. The van der Waals surface area contributed by atoms with Crippen LogP contribution in [-0.4, -0.2) is 43.5 Å². The Morgan fingerprint density at radius 1 is 1.04 bits per heavy atom. The van der Waals surface area contributed by atoms with Gasteiger partial charge in [-0.05, 0) is 49.7 Å². The van der Waals surface area contributed by atoms with Crippen molar-refractivity contribution >= 4 is 33.2 Å².